The minimum Gasteiger partial charge on any atom is -0.208 e. The molecule has 0 bridgehead atoms. The molecule has 0 aliphatic carbocycles. The third-order valence-corrected chi connectivity index (χ3v) is 10.4. The number of rotatable bonds is 3. The molecule has 0 aliphatic rings. The van der Waals surface area contributed by atoms with Gasteiger partial charge < -0.3 is 0 Å². The summed E-state index contributed by atoms with van der Waals surface area (Å²) in [7, 11) is 0. The van der Waals surface area contributed by atoms with Crippen molar-refractivity contribution in [2.24, 2.45) is 0 Å². The molecule has 0 atom stereocenters. The third-order valence-electron chi connectivity index (χ3n) is 9.28. The Labute approximate surface area is 274 Å². The van der Waals surface area contributed by atoms with Gasteiger partial charge in [0.25, 0.3) is 0 Å². The summed E-state index contributed by atoms with van der Waals surface area (Å²) in [5.41, 5.74) is 2.91. The average Bonchev–Trinajstić information content (AvgIpc) is 3.52. The Morgan fingerprint density at radius 1 is 0.298 bits per heavy atom. The molecular weight excluding hydrogens is 591 g/mol. The van der Waals surface area contributed by atoms with E-state index in [2.05, 4.69) is 152 Å². The summed E-state index contributed by atoms with van der Waals surface area (Å²) in [6, 6.07) is 54.0. The van der Waals surface area contributed by atoms with Crippen LogP contribution in [-0.2, 0) is 0 Å². The van der Waals surface area contributed by atoms with Crippen molar-refractivity contribution in [1.82, 2.24) is 15.0 Å². The summed E-state index contributed by atoms with van der Waals surface area (Å²) in [6.45, 7) is 0. The van der Waals surface area contributed by atoms with Gasteiger partial charge in [-0.15, -0.1) is 11.3 Å². The third kappa shape index (κ3) is 4.30. The number of hydrogen-bond acceptors (Lipinski definition) is 4. The zero-order valence-corrected chi connectivity index (χ0v) is 26.0. The molecule has 0 unspecified atom stereocenters. The SMILES string of the molecule is c1ccc2cc(-c3nc(-c4ccc5ccc6c7ccccc7ccc6c5c4)nc(-c4ccc5sc6ccccc6c5c4)n3)ccc2c1. The van der Waals surface area contributed by atoms with Gasteiger partial charge in [-0.25, -0.2) is 15.0 Å². The molecule has 0 aliphatic heterocycles. The fraction of sp³-hybridized carbons (Fsp3) is 0. The van der Waals surface area contributed by atoms with Crippen LogP contribution in [0.1, 0.15) is 0 Å². The summed E-state index contributed by atoms with van der Waals surface area (Å²) >= 11 is 1.82. The lowest BCUT2D eigenvalue weighted by Gasteiger charge is -2.11. The molecule has 0 spiro atoms. The van der Waals surface area contributed by atoms with Crippen LogP contribution in [-0.4, -0.2) is 15.0 Å². The van der Waals surface area contributed by atoms with Gasteiger partial charge in [-0.1, -0.05) is 115 Å². The standard InChI is InChI=1S/C43H25N3S/c1-2-9-29-23-30(15-13-26(29)7-1)41-44-42(46-43(45-41)32-19-22-40-38(25-32)36-11-5-6-12-39(36)47-40)31-16-14-28-18-20-34-33-10-4-3-8-27(33)17-21-35(34)37(28)24-31/h1-25H. The van der Waals surface area contributed by atoms with Crippen LogP contribution < -0.4 is 0 Å². The summed E-state index contributed by atoms with van der Waals surface area (Å²) in [5.74, 6) is 1.99. The van der Waals surface area contributed by atoms with Crippen LogP contribution in [0, 0.1) is 0 Å². The smallest absolute Gasteiger partial charge is 0.164 e. The monoisotopic (exact) mass is 615 g/mol. The zero-order valence-electron chi connectivity index (χ0n) is 25.2. The molecule has 8 aromatic carbocycles. The Kier molecular flexibility index (Phi) is 5.74. The molecule has 10 rings (SSSR count). The van der Waals surface area contributed by atoms with E-state index in [1.165, 1.54) is 57.9 Å². The molecule has 10 aromatic rings. The lowest BCUT2D eigenvalue weighted by molar-refractivity contribution is 1.08. The van der Waals surface area contributed by atoms with Crippen LogP contribution in [0.25, 0.3) is 97.4 Å². The highest BCUT2D eigenvalue weighted by molar-refractivity contribution is 7.25. The van der Waals surface area contributed by atoms with Gasteiger partial charge in [0.05, 0.1) is 0 Å². The lowest BCUT2D eigenvalue weighted by Crippen LogP contribution is -2.00. The van der Waals surface area contributed by atoms with Gasteiger partial charge in [-0.05, 0) is 79.5 Å². The van der Waals surface area contributed by atoms with E-state index in [1.54, 1.807) is 0 Å². The predicted molar refractivity (Wildman–Crippen MR) is 199 cm³/mol. The Morgan fingerprint density at radius 2 is 0.787 bits per heavy atom. The first-order chi connectivity index (χ1) is 23.2. The Bertz CT molecular complexity index is 2870. The van der Waals surface area contributed by atoms with Crippen LogP contribution >= 0.6 is 11.3 Å². The first-order valence-electron chi connectivity index (χ1n) is 15.8. The van der Waals surface area contributed by atoms with Crippen LogP contribution in [0.3, 0.4) is 0 Å². The van der Waals surface area contributed by atoms with Crippen LogP contribution in [0.5, 0.6) is 0 Å². The van der Waals surface area contributed by atoms with Gasteiger partial charge >= 0.3 is 0 Å². The topological polar surface area (TPSA) is 38.7 Å². The van der Waals surface area contributed by atoms with Crippen molar-refractivity contribution >= 4 is 74.6 Å². The van der Waals surface area contributed by atoms with Gasteiger partial charge in [-0.2, -0.15) is 0 Å². The molecule has 0 radical (unpaired) electrons. The number of benzene rings is 8. The number of thiophene rings is 1. The summed E-state index contributed by atoms with van der Waals surface area (Å²) < 4.78 is 2.54. The predicted octanol–water partition coefficient (Wildman–Crippen LogP) is 11.9. The van der Waals surface area contributed by atoms with E-state index in [-0.39, 0.29) is 0 Å². The number of aromatic nitrogens is 3. The lowest BCUT2D eigenvalue weighted by atomic mass is 9.96. The molecule has 0 fully saturated rings. The highest BCUT2D eigenvalue weighted by Gasteiger charge is 2.15. The fourth-order valence-corrected chi connectivity index (χ4v) is 8.00. The molecule has 0 amide bonds. The van der Waals surface area contributed by atoms with Crippen molar-refractivity contribution in [3.8, 4) is 34.2 Å². The molecule has 2 aromatic heterocycles. The van der Waals surface area contributed by atoms with Gasteiger partial charge in [-0.3, -0.25) is 0 Å². The zero-order chi connectivity index (χ0) is 30.9. The number of nitrogens with zero attached hydrogens (tertiary/aromatic N) is 3. The van der Waals surface area contributed by atoms with Crippen molar-refractivity contribution in [2.45, 2.75) is 0 Å². The molecule has 218 valence electrons. The quantitative estimate of drug-likeness (QED) is 0.186. The van der Waals surface area contributed by atoms with Crippen LogP contribution in [0.4, 0.5) is 0 Å². The van der Waals surface area contributed by atoms with E-state index in [0.29, 0.717) is 17.5 Å². The number of hydrogen-bond donors (Lipinski definition) is 0. The van der Waals surface area contributed by atoms with E-state index >= 15 is 0 Å². The van der Waals surface area contributed by atoms with Gasteiger partial charge in [0.15, 0.2) is 17.5 Å². The first-order valence-corrected chi connectivity index (χ1v) is 16.6. The molecule has 0 saturated heterocycles. The molecular formula is C43H25N3S. The largest absolute Gasteiger partial charge is 0.208 e. The average molecular weight is 616 g/mol. The van der Waals surface area contributed by atoms with E-state index in [1.807, 2.05) is 11.3 Å². The second-order valence-corrected chi connectivity index (χ2v) is 13.1. The normalized spacial score (nSPS) is 11.8. The summed E-state index contributed by atoms with van der Waals surface area (Å²) in [5, 5.41) is 12.2. The minimum atomic E-state index is 0.660. The van der Waals surface area contributed by atoms with Crippen molar-refractivity contribution in [3.05, 3.63) is 152 Å². The van der Waals surface area contributed by atoms with E-state index in [0.717, 1.165) is 22.1 Å². The molecule has 0 saturated carbocycles. The summed E-state index contributed by atoms with van der Waals surface area (Å²) in [4.78, 5) is 15.4. The molecule has 2 heterocycles. The molecule has 47 heavy (non-hydrogen) atoms. The van der Waals surface area contributed by atoms with Crippen molar-refractivity contribution in [2.75, 3.05) is 0 Å². The van der Waals surface area contributed by atoms with Gasteiger partial charge in [0.1, 0.15) is 0 Å². The summed E-state index contributed by atoms with van der Waals surface area (Å²) in [6.07, 6.45) is 0. The van der Waals surface area contributed by atoms with Crippen molar-refractivity contribution < 1.29 is 0 Å². The molecule has 3 nitrogen and oxygen atoms in total. The Morgan fingerprint density at radius 3 is 1.55 bits per heavy atom. The fourth-order valence-electron chi connectivity index (χ4n) is 6.91. The van der Waals surface area contributed by atoms with Crippen LogP contribution in [0.2, 0.25) is 0 Å². The Balaban J connectivity index is 1.20. The maximum Gasteiger partial charge on any atom is 0.164 e. The van der Waals surface area contributed by atoms with Gasteiger partial charge in [0.2, 0.25) is 0 Å². The maximum atomic E-state index is 5.15. The second-order valence-electron chi connectivity index (χ2n) is 12.1. The van der Waals surface area contributed by atoms with Crippen molar-refractivity contribution in [3.63, 3.8) is 0 Å². The van der Waals surface area contributed by atoms with E-state index < -0.39 is 0 Å². The molecule has 0 N–H and O–H groups in total. The second kappa shape index (κ2) is 10.3. The highest BCUT2D eigenvalue weighted by atomic mass is 32.1. The van der Waals surface area contributed by atoms with Crippen molar-refractivity contribution in [1.29, 1.82) is 0 Å². The van der Waals surface area contributed by atoms with Crippen LogP contribution in [0.15, 0.2) is 152 Å². The minimum absolute atomic E-state index is 0.660. The van der Waals surface area contributed by atoms with E-state index in [9.17, 15) is 0 Å². The van der Waals surface area contributed by atoms with E-state index in [4.69, 9.17) is 15.0 Å². The Hall–Kier alpha value is -5.97. The van der Waals surface area contributed by atoms with Gasteiger partial charge in [0, 0.05) is 36.9 Å². The first kappa shape index (κ1) is 26.3. The number of fused-ring (bicyclic) bond motifs is 9. The highest BCUT2D eigenvalue weighted by Crippen LogP contribution is 2.37. The molecule has 4 heteroatoms. The maximum absolute atomic E-state index is 5.15.